The first-order valence-electron chi connectivity index (χ1n) is 7.64. The van der Waals surface area contributed by atoms with Crippen LogP contribution in [0, 0.1) is 0 Å². The van der Waals surface area contributed by atoms with Gasteiger partial charge in [0.2, 0.25) is 5.91 Å². The zero-order chi connectivity index (χ0) is 17.6. The van der Waals surface area contributed by atoms with E-state index in [4.69, 9.17) is 0 Å². The molecule has 0 bridgehead atoms. The molecule has 2 N–H and O–H groups in total. The zero-order valence-electron chi connectivity index (χ0n) is 13.7. The Morgan fingerprint density at radius 2 is 1.38 bits per heavy atom. The highest BCUT2D eigenvalue weighted by molar-refractivity contribution is 6.00. The quantitative estimate of drug-likeness (QED) is 0.799. The molecule has 0 aliphatic rings. The van der Waals surface area contributed by atoms with Crippen LogP contribution in [0.1, 0.15) is 29.8 Å². The van der Waals surface area contributed by atoms with Crippen LogP contribution in [0.5, 0.6) is 0 Å². The molecular weight excluding hydrogens is 304 g/mol. The Balaban J connectivity index is 2.35. The summed E-state index contributed by atoms with van der Waals surface area (Å²) in [6, 6.07) is 17.8. The highest BCUT2D eigenvalue weighted by atomic mass is 16.2. The maximum atomic E-state index is 12.5. The van der Waals surface area contributed by atoms with E-state index in [0.29, 0.717) is 5.56 Å². The Kier molecular flexibility index (Phi) is 5.47. The van der Waals surface area contributed by atoms with E-state index in [-0.39, 0.29) is 12.2 Å². The van der Waals surface area contributed by atoms with Crippen LogP contribution >= 0.6 is 0 Å². The number of carbonyl (C=O) groups excluding carboxylic acids is 3. The lowest BCUT2D eigenvalue weighted by Crippen LogP contribution is -2.66. The summed E-state index contributed by atoms with van der Waals surface area (Å²) < 4.78 is 0. The van der Waals surface area contributed by atoms with Gasteiger partial charge in [-0.2, -0.15) is 0 Å². The molecule has 0 aliphatic carbocycles. The summed E-state index contributed by atoms with van der Waals surface area (Å²) in [6.07, 6.45) is 0.168. The molecule has 0 heterocycles. The van der Waals surface area contributed by atoms with E-state index >= 15 is 0 Å². The molecule has 0 aliphatic heterocycles. The third-order valence-corrected chi connectivity index (χ3v) is 3.67. The molecular formula is C19H20N2O3. The zero-order valence-corrected chi connectivity index (χ0v) is 13.7. The lowest BCUT2D eigenvalue weighted by Gasteiger charge is -2.33. The summed E-state index contributed by atoms with van der Waals surface area (Å²) in [7, 11) is 0. The normalized spacial score (nSPS) is 12.8. The number of nitrogens with one attached hydrogen (secondary N) is 2. The van der Waals surface area contributed by atoms with Crippen molar-refractivity contribution in [1.29, 1.82) is 0 Å². The summed E-state index contributed by atoms with van der Waals surface area (Å²) in [4.78, 5) is 36.5. The number of carbonyl (C=O) groups is 3. The topological polar surface area (TPSA) is 75.3 Å². The second-order valence-electron chi connectivity index (χ2n) is 5.63. The minimum atomic E-state index is -1.49. The molecule has 0 aromatic heterocycles. The molecule has 0 saturated heterocycles. The van der Waals surface area contributed by atoms with Crippen molar-refractivity contribution in [2.24, 2.45) is 0 Å². The van der Waals surface area contributed by atoms with Gasteiger partial charge in [0.1, 0.15) is 0 Å². The summed E-state index contributed by atoms with van der Waals surface area (Å²) in [5, 5.41) is 5.33. The van der Waals surface area contributed by atoms with Crippen molar-refractivity contribution in [3.63, 3.8) is 0 Å². The Hall–Kier alpha value is -2.95. The average molecular weight is 324 g/mol. The molecule has 0 saturated carbocycles. The van der Waals surface area contributed by atoms with Gasteiger partial charge in [0.05, 0.1) is 0 Å². The van der Waals surface area contributed by atoms with E-state index in [1.807, 2.05) is 30.3 Å². The summed E-state index contributed by atoms with van der Waals surface area (Å²) in [5.74, 6) is -1.16. The Bertz CT molecular complexity index is 729. The first-order chi connectivity index (χ1) is 11.4. The lowest BCUT2D eigenvalue weighted by atomic mass is 9.94. The van der Waals surface area contributed by atoms with Gasteiger partial charge in [-0.3, -0.25) is 14.4 Å². The van der Waals surface area contributed by atoms with Gasteiger partial charge in [-0.1, -0.05) is 48.5 Å². The van der Waals surface area contributed by atoms with Crippen molar-refractivity contribution in [3.05, 3.63) is 71.8 Å². The third kappa shape index (κ3) is 4.29. The SMILES string of the molecule is CC(=O)N[C@@](Cc1ccccc1)(NC(=O)c1ccccc1)C(C)=O. The second kappa shape index (κ2) is 7.55. The molecule has 1 atom stereocenters. The number of amides is 2. The van der Waals surface area contributed by atoms with Gasteiger partial charge in [0, 0.05) is 18.9 Å². The minimum absolute atomic E-state index is 0.168. The maximum Gasteiger partial charge on any atom is 0.253 e. The van der Waals surface area contributed by atoms with Gasteiger partial charge in [0.25, 0.3) is 5.91 Å². The fraction of sp³-hybridized carbons (Fsp3) is 0.211. The number of benzene rings is 2. The van der Waals surface area contributed by atoms with Crippen molar-refractivity contribution >= 4 is 17.6 Å². The van der Waals surface area contributed by atoms with Gasteiger partial charge >= 0.3 is 0 Å². The summed E-state index contributed by atoms with van der Waals surface area (Å²) >= 11 is 0. The lowest BCUT2D eigenvalue weighted by molar-refractivity contribution is -0.130. The molecule has 24 heavy (non-hydrogen) atoms. The fourth-order valence-electron chi connectivity index (χ4n) is 2.48. The molecule has 5 nitrogen and oxygen atoms in total. The fourth-order valence-corrected chi connectivity index (χ4v) is 2.48. The largest absolute Gasteiger partial charge is 0.327 e. The third-order valence-electron chi connectivity index (χ3n) is 3.67. The molecule has 0 radical (unpaired) electrons. The van der Waals surface area contributed by atoms with Crippen molar-refractivity contribution in [1.82, 2.24) is 10.6 Å². The number of hydrogen-bond acceptors (Lipinski definition) is 3. The highest BCUT2D eigenvalue weighted by Crippen LogP contribution is 2.14. The molecule has 2 aromatic rings. The Morgan fingerprint density at radius 3 is 1.88 bits per heavy atom. The van der Waals surface area contributed by atoms with Gasteiger partial charge in [-0.25, -0.2) is 0 Å². The molecule has 2 aromatic carbocycles. The van der Waals surface area contributed by atoms with E-state index < -0.39 is 17.5 Å². The van der Waals surface area contributed by atoms with Crippen LogP contribution in [0.2, 0.25) is 0 Å². The van der Waals surface area contributed by atoms with Crippen molar-refractivity contribution < 1.29 is 14.4 Å². The number of ketones is 1. The Labute approximate surface area is 141 Å². The standard InChI is InChI=1S/C19H20N2O3/c1-14(22)19(20-15(2)23,13-16-9-5-3-6-10-16)21-18(24)17-11-7-4-8-12-17/h3-12H,13H2,1-2H3,(H,20,23)(H,21,24)/t19-/m0/s1. The minimum Gasteiger partial charge on any atom is -0.327 e. The number of Topliss-reactive ketones (excluding diaryl/α,β-unsaturated/α-hetero) is 1. The van der Waals surface area contributed by atoms with Crippen molar-refractivity contribution in [2.45, 2.75) is 25.9 Å². The average Bonchev–Trinajstić information content (AvgIpc) is 2.55. The van der Waals surface area contributed by atoms with Crippen LogP contribution in [0.3, 0.4) is 0 Å². The van der Waals surface area contributed by atoms with Crippen LogP contribution in [-0.4, -0.2) is 23.3 Å². The summed E-state index contributed by atoms with van der Waals surface area (Å²) in [6.45, 7) is 2.67. The van der Waals surface area contributed by atoms with Crippen LogP contribution in [0.15, 0.2) is 60.7 Å². The van der Waals surface area contributed by atoms with Crippen LogP contribution in [0.4, 0.5) is 0 Å². The summed E-state index contributed by atoms with van der Waals surface area (Å²) in [5.41, 5.74) is -0.239. The van der Waals surface area contributed by atoms with Crippen LogP contribution < -0.4 is 10.6 Å². The predicted octanol–water partition coefficient (Wildman–Crippen LogP) is 2.08. The van der Waals surface area contributed by atoms with E-state index in [1.165, 1.54) is 13.8 Å². The highest BCUT2D eigenvalue weighted by Gasteiger charge is 2.38. The molecule has 0 fully saturated rings. The van der Waals surface area contributed by atoms with E-state index in [9.17, 15) is 14.4 Å². The number of rotatable bonds is 6. The molecule has 124 valence electrons. The second-order valence-corrected chi connectivity index (χ2v) is 5.63. The van der Waals surface area contributed by atoms with E-state index in [1.54, 1.807) is 30.3 Å². The molecule has 0 spiro atoms. The maximum absolute atomic E-state index is 12.5. The monoisotopic (exact) mass is 324 g/mol. The van der Waals surface area contributed by atoms with E-state index in [2.05, 4.69) is 10.6 Å². The smallest absolute Gasteiger partial charge is 0.253 e. The molecule has 2 rings (SSSR count). The van der Waals surface area contributed by atoms with Gasteiger partial charge < -0.3 is 10.6 Å². The molecule has 0 unspecified atom stereocenters. The predicted molar refractivity (Wildman–Crippen MR) is 91.3 cm³/mol. The van der Waals surface area contributed by atoms with Gasteiger partial charge in [-0.05, 0) is 24.6 Å². The Morgan fingerprint density at radius 1 is 0.833 bits per heavy atom. The molecule has 2 amide bonds. The first kappa shape index (κ1) is 17.4. The first-order valence-corrected chi connectivity index (χ1v) is 7.64. The van der Waals surface area contributed by atoms with Crippen LogP contribution in [-0.2, 0) is 16.0 Å². The van der Waals surface area contributed by atoms with Crippen LogP contribution in [0.25, 0.3) is 0 Å². The van der Waals surface area contributed by atoms with E-state index in [0.717, 1.165) is 5.56 Å². The number of hydrogen-bond donors (Lipinski definition) is 2. The van der Waals surface area contributed by atoms with Gasteiger partial charge in [-0.15, -0.1) is 0 Å². The molecule has 5 heteroatoms. The van der Waals surface area contributed by atoms with Gasteiger partial charge in [0.15, 0.2) is 11.4 Å². The van der Waals surface area contributed by atoms with Crippen molar-refractivity contribution in [3.8, 4) is 0 Å². The van der Waals surface area contributed by atoms with Crippen molar-refractivity contribution in [2.75, 3.05) is 0 Å².